The van der Waals surface area contributed by atoms with Gasteiger partial charge in [-0.25, -0.2) is 0 Å². The molecule has 3 N–H and O–H groups in total. The highest BCUT2D eigenvalue weighted by molar-refractivity contribution is 4.52. The first-order chi connectivity index (χ1) is 13.4. The smallest absolute Gasteiger partial charge is 0.00745 e. The Morgan fingerprint density at radius 1 is 0.407 bits per heavy atom. The van der Waals surface area contributed by atoms with Crippen LogP contribution in [0.4, 0.5) is 0 Å². The molecule has 0 unspecified atom stereocenters. The molecule has 0 aromatic heterocycles. The Bertz CT molecular complexity index is 218. The highest BCUT2D eigenvalue weighted by atomic mass is 14.9. The van der Waals surface area contributed by atoms with Crippen LogP contribution >= 0.6 is 0 Å². The molecule has 0 spiro atoms. The molecule has 0 aliphatic rings. The van der Waals surface area contributed by atoms with Crippen molar-refractivity contribution in [2.45, 2.75) is 142 Å². The summed E-state index contributed by atoms with van der Waals surface area (Å²) in [5.41, 5.74) is 5.46. The maximum Gasteiger partial charge on any atom is 0.00745 e. The fraction of sp³-hybridized carbons (Fsp3) is 1.00. The number of hydrogen-bond donors (Lipinski definition) is 2. The second kappa shape index (κ2) is 25.9. The lowest BCUT2D eigenvalue weighted by molar-refractivity contribution is 0.518. The van der Waals surface area contributed by atoms with E-state index in [2.05, 4.69) is 12.2 Å². The van der Waals surface area contributed by atoms with Crippen molar-refractivity contribution in [3.05, 3.63) is 0 Å². The Kier molecular flexibility index (Phi) is 25.8. The van der Waals surface area contributed by atoms with Crippen molar-refractivity contribution >= 4 is 0 Å². The molecule has 0 saturated carbocycles. The van der Waals surface area contributed by atoms with Gasteiger partial charge in [-0.1, -0.05) is 135 Å². The molecule has 2 heteroatoms. The van der Waals surface area contributed by atoms with Crippen LogP contribution in [-0.4, -0.2) is 19.6 Å². The zero-order valence-corrected chi connectivity index (χ0v) is 19.0. The Labute approximate surface area is 172 Å². The second-order valence-corrected chi connectivity index (χ2v) is 8.61. The SMILES string of the molecule is CCCCCCCCCCCCCCCCCCCCCCCNCCN. The Morgan fingerprint density at radius 2 is 0.704 bits per heavy atom. The molecule has 0 aromatic carbocycles. The Morgan fingerprint density at radius 3 is 1.00 bits per heavy atom. The summed E-state index contributed by atoms with van der Waals surface area (Å²) in [5.74, 6) is 0. The van der Waals surface area contributed by atoms with Gasteiger partial charge in [-0.2, -0.15) is 0 Å². The molecule has 0 aliphatic heterocycles. The molecule has 27 heavy (non-hydrogen) atoms. The number of unbranched alkanes of at least 4 members (excludes halogenated alkanes) is 20. The molecule has 0 amide bonds. The number of rotatable bonds is 24. The first-order valence-corrected chi connectivity index (χ1v) is 12.8. The van der Waals surface area contributed by atoms with Crippen LogP contribution in [-0.2, 0) is 0 Å². The second-order valence-electron chi connectivity index (χ2n) is 8.61. The summed E-state index contributed by atoms with van der Waals surface area (Å²) in [6.07, 6.45) is 30.5. The van der Waals surface area contributed by atoms with Gasteiger partial charge in [0, 0.05) is 13.1 Å². The van der Waals surface area contributed by atoms with Crippen LogP contribution in [0.2, 0.25) is 0 Å². The Hall–Kier alpha value is -0.0800. The first-order valence-electron chi connectivity index (χ1n) is 12.8. The van der Waals surface area contributed by atoms with Crippen molar-refractivity contribution in [3.8, 4) is 0 Å². The summed E-state index contributed by atoms with van der Waals surface area (Å²) in [7, 11) is 0. The van der Waals surface area contributed by atoms with Crippen LogP contribution in [0.15, 0.2) is 0 Å². The van der Waals surface area contributed by atoms with Gasteiger partial charge in [-0.3, -0.25) is 0 Å². The van der Waals surface area contributed by atoms with Gasteiger partial charge in [0.1, 0.15) is 0 Å². The molecule has 164 valence electrons. The van der Waals surface area contributed by atoms with E-state index in [9.17, 15) is 0 Å². The van der Waals surface area contributed by atoms with Gasteiger partial charge in [0.25, 0.3) is 0 Å². The van der Waals surface area contributed by atoms with Crippen molar-refractivity contribution in [1.82, 2.24) is 5.32 Å². The number of nitrogens with two attached hydrogens (primary N) is 1. The lowest BCUT2D eigenvalue weighted by Crippen LogP contribution is -2.23. The molecule has 0 saturated heterocycles. The summed E-state index contributed by atoms with van der Waals surface area (Å²) in [6, 6.07) is 0. The minimum atomic E-state index is 0.763. The third kappa shape index (κ3) is 25.9. The lowest BCUT2D eigenvalue weighted by Gasteiger charge is -2.04. The molecule has 0 fully saturated rings. The number of nitrogens with one attached hydrogen (secondary N) is 1. The van der Waals surface area contributed by atoms with E-state index in [4.69, 9.17) is 5.73 Å². The molecule has 0 aromatic rings. The zero-order chi connectivity index (χ0) is 19.7. The predicted octanol–water partition coefficient (Wildman–Crippen LogP) is 7.75. The highest BCUT2D eigenvalue weighted by Gasteiger charge is 1.95. The largest absolute Gasteiger partial charge is 0.329 e. The Balaban J connectivity index is 2.95. The first kappa shape index (κ1) is 26.9. The summed E-state index contributed by atoms with van der Waals surface area (Å²) in [4.78, 5) is 0. The minimum Gasteiger partial charge on any atom is -0.329 e. The molecule has 0 bridgehead atoms. The molecule has 0 atom stereocenters. The van der Waals surface area contributed by atoms with Crippen LogP contribution < -0.4 is 11.1 Å². The molecular weight excluding hydrogens is 328 g/mol. The normalized spacial score (nSPS) is 11.3. The molecule has 2 nitrogen and oxygen atoms in total. The van der Waals surface area contributed by atoms with E-state index >= 15 is 0 Å². The minimum absolute atomic E-state index is 0.763. The van der Waals surface area contributed by atoms with Crippen molar-refractivity contribution in [3.63, 3.8) is 0 Å². The van der Waals surface area contributed by atoms with Crippen molar-refractivity contribution in [2.75, 3.05) is 19.6 Å². The highest BCUT2D eigenvalue weighted by Crippen LogP contribution is 2.14. The van der Waals surface area contributed by atoms with Gasteiger partial charge >= 0.3 is 0 Å². The summed E-state index contributed by atoms with van der Waals surface area (Å²) in [6.45, 7) is 5.18. The predicted molar refractivity (Wildman–Crippen MR) is 125 cm³/mol. The fourth-order valence-corrected chi connectivity index (χ4v) is 3.91. The van der Waals surface area contributed by atoms with E-state index in [1.165, 1.54) is 135 Å². The standard InChI is InChI=1S/C25H54N2/c1-2-3-4-5-6-7-8-9-10-11-12-13-14-15-16-17-18-19-20-21-22-24-27-25-23-26/h27H,2-26H2,1H3. The maximum atomic E-state index is 5.46. The average molecular weight is 383 g/mol. The average Bonchev–Trinajstić information content (AvgIpc) is 2.68. The summed E-state index contributed by atoms with van der Waals surface area (Å²) < 4.78 is 0. The van der Waals surface area contributed by atoms with Crippen molar-refractivity contribution in [2.24, 2.45) is 5.73 Å². The van der Waals surface area contributed by atoms with Gasteiger partial charge in [0.2, 0.25) is 0 Å². The van der Waals surface area contributed by atoms with E-state index in [0.29, 0.717) is 0 Å². The van der Waals surface area contributed by atoms with Crippen LogP contribution in [0.5, 0.6) is 0 Å². The topological polar surface area (TPSA) is 38.0 Å². The quantitative estimate of drug-likeness (QED) is 0.167. The van der Waals surface area contributed by atoms with E-state index in [0.717, 1.165) is 19.6 Å². The van der Waals surface area contributed by atoms with E-state index in [1.54, 1.807) is 0 Å². The third-order valence-electron chi connectivity index (χ3n) is 5.78. The van der Waals surface area contributed by atoms with E-state index in [1.807, 2.05) is 0 Å². The maximum absolute atomic E-state index is 5.46. The third-order valence-corrected chi connectivity index (χ3v) is 5.78. The molecule has 0 radical (unpaired) electrons. The lowest BCUT2D eigenvalue weighted by atomic mass is 10.0. The fourth-order valence-electron chi connectivity index (χ4n) is 3.91. The number of hydrogen-bond acceptors (Lipinski definition) is 2. The van der Waals surface area contributed by atoms with Crippen LogP contribution in [0.3, 0.4) is 0 Å². The summed E-state index contributed by atoms with van der Waals surface area (Å²) >= 11 is 0. The van der Waals surface area contributed by atoms with Crippen LogP contribution in [0.1, 0.15) is 142 Å². The van der Waals surface area contributed by atoms with E-state index < -0.39 is 0 Å². The molecule has 0 heterocycles. The van der Waals surface area contributed by atoms with Crippen LogP contribution in [0.25, 0.3) is 0 Å². The molecular formula is C25H54N2. The van der Waals surface area contributed by atoms with Gasteiger partial charge in [0.15, 0.2) is 0 Å². The van der Waals surface area contributed by atoms with Gasteiger partial charge in [-0.05, 0) is 13.0 Å². The van der Waals surface area contributed by atoms with E-state index in [-0.39, 0.29) is 0 Å². The van der Waals surface area contributed by atoms with Crippen molar-refractivity contribution < 1.29 is 0 Å². The monoisotopic (exact) mass is 382 g/mol. The van der Waals surface area contributed by atoms with Gasteiger partial charge in [-0.15, -0.1) is 0 Å². The van der Waals surface area contributed by atoms with Crippen LogP contribution in [0, 0.1) is 0 Å². The molecule has 0 rings (SSSR count). The van der Waals surface area contributed by atoms with Gasteiger partial charge in [0.05, 0.1) is 0 Å². The van der Waals surface area contributed by atoms with Crippen molar-refractivity contribution in [1.29, 1.82) is 0 Å². The molecule has 0 aliphatic carbocycles. The zero-order valence-electron chi connectivity index (χ0n) is 19.0. The van der Waals surface area contributed by atoms with Gasteiger partial charge < -0.3 is 11.1 Å². The summed E-state index contributed by atoms with van der Waals surface area (Å²) in [5, 5.41) is 3.37.